The van der Waals surface area contributed by atoms with E-state index in [2.05, 4.69) is 12.1 Å². The highest BCUT2D eigenvalue weighted by Crippen LogP contribution is 2.44. The second-order valence-corrected chi connectivity index (χ2v) is 11.0. The monoisotopic (exact) mass is 602 g/mol. The van der Waals surface area contributed by atoms with Gasteiger partial charge in [0, 0.05) is 11.1 Å². The topological polar surface area (TPSA) is 133 Å². The van der Waals surface area contributed by atoms with Crippen molar-refractivity contribution in [1.82, 2.24) is 4.57 Å². The van der Waals surface area contributed by atoms with E-state index >= 15 is 0 Å². The zero-order valence-corrected chi connectivity index (χ0v) is 25.1. The summed E-state index contributed by atoms with van der Waals surface area (Å²) in [5.74, 6) is 1.34. The van der Waals surface area contributed by atoms with Crippen LogP contribution in [0.2, 0.25) is 0 Å². The van der Waals surface area contributed by atoms with Crippen molar-refractivity contribution in [2.24, 2.45) is 5.73 Å². The number of thiazole rings is 1. The summed E-state index contributed by atoms with van der Waals surface area (Å²) >= 11 is 1.13. The Morgan fingerprint density at radius 1 is 0.795 bits per heavy atom. The van der Waals surface area contributed by atoms with Crippen LogP contribution in [0.5, 0.6) is 23.0 Å². The third-order valence-corrected chi connectivity index (χ3v) is 8.96. The van der Waals surface area contributed by atoms with Gasteiger partial charge in [-0.3, -0.25) is 9.36 Å². The van der Waals surface area contributed by atoms with Crippen molar-refractivity contribution < 1.29 is 18.9 Å². The van der Waals surface area contributed by atoms with Crippen LogP contribution in [0.15, 0.2) is 71.0 Å². The minimum absolute atomic E-state index is 0.0408. The van der Waals surface area contributed by atoms with Gasteiger partial charge in [-0.1, -0.05) is 24.3 Å². The van der Waals surface area contributed by atoms with E-state index in [1.807, 2.05) is 54.6 Å². The average Bonchev–Trinajstić information content (AvgIpc) is 3.38. The summed E-state index contributed by atoms with van der Waals surface area (Å²) in [6.45, 7) is 0. The van der Waals surface area contributed by atoms with Gasteiger partial charge in [0.05, 0.1) is 62.2 Å². The Labute approximate surface area is 256 Å². The molecule has 0 saturated heterocycles. The standard InChI is InChI=1S/C34H26N4O5S/c1-40-20-9-5-18-7-11-27(42-3)24(22(18)13-20)15-29-33(39)38-32(37)25(16-35)30(26(17-36)34(38)44-29)31-23-14-21(41-2)10-6-19(23)8-12-28(31)43-4/h5-15,30H,37H2,1-4H3/b29-15-/t30-/m0/s1. The SMILES string of the molecule is COc1ccc2ccc(OC)c(/C=c3\sc4n(c3=O)C(N)=C(C#N)[C@H](c3c(OC)ccc5ccc(OC)cc35)C=4C#N)c2c1. The van der Waals surface area contributed by atoms with E-state index < -0.39 is 11.5 Å². The van der Waals surface area contributed by atoms with E-state index in [4.69, 9.17) is 24.7 Å². The molecule has 0 radical (unpaired) electrons. The second-order valence-electron chi connectivity index (χ2n) is 9.96. The number of allylic oxidation sites excluding steroid dienone is 1. The third kappa shape index (κ3) is 4.32. The molecule has 10 heteroatoms. The van der Waals surface area contributed by atoms with E-state index in [9.17, 15) is 15.3 Å². The highest BCUT2D eigenvalue weighted by molar-refractivity contribution is 7.07. The maximum atomic E-state index is 14.0. The first-order valence-corrected chi connectivity index (χ1v) is 14.3. The Morgan fingerprint density at radius 3 is 1.95 bits per heavy atom. The van der Waals surface area contributed by atoms with Gasteiger partial charge in [0.15, 0.2) is 0 Å². The zero-order chi connectivity index (χ0) is 31.1. The molecule has 1 aromatic heterocycles. The molecule has 0 saturated carbocycles. The number of methoxy groups -OCH3 is 4. The van der Waals surface area contributed by atoms with Crippen molar-refractivity contribution in [3.63, 3.8) is 0 Å². The molecule has 0 spiro atoms. The Hall–Kier alpha value is -5.71. The molecule has 0 amide bonds. The molecule has 1 atom stereocenters. The van der Waals surface area contributed by atoms with Gasteiger partial charge in [-0.05, 0) is 64.0 Å². The second kappa shape index (κ2) is 11.2. The van der Waals surface area contributed by atoms with Gasteiger partial charge >= 0.3 is 0 Å². The van der Waals surface area contributed by atoms with Crippen LogP contribution in [0, 0.1) is 22.7 Å². The normalized spacial score (nSPS) is 14.7. The van der Waals surface area contributed by atoms with Gasteiger partial charge in [0.25, 0.3) is 5.56 Å². The number of ether oxygens (including phenoxy) is 4. The lowest BCUT2D eigenvalue weighted by Gasteiger charge is -2.25. The van der Waals surface area contributed by atoms with E-state index in [1.54, 1.807) is 33.5 Å². The summed E-state index contributed by atoms with van der Waals surface area (Å²) in [5.41, 5.74) is 7.69. The van der Waals surface area contributed by atoms with Crippen molar-refractivity contribution in [2.75, 3.05) is 28.4 Å². The van der Waals surface area contributed by atoms with Crippen LogP contribution in [0.4, 0.5) is 0 Å². The molecule has 44 heavy (non-hydrogen) atoms. The number of rotatable bonds is 6. The average molecular weight is 603 g/mol. The van der Waals surface area contributed by atoms with Crippen LogP contribution in [-0.2, 0) is 0 Å². The van der Waals surface area contributed by atoms with Crippen molar-refractivity contribution in [3.05, 3.63) is 96.9 Å². The third-order valence-electron chi connectivity index (χ3n) is 7.85. The molecule has 6 rings (SSSR count). The van der Waals surface area contributed by atoms with E-state index in [0.29, 0.717) is 43.3 Å². The molecule has 2 heterocycles. The Bertz CT molecular complexity index is 2290. The maximum absolute atomic E-state index is 14.0. The van der Waals surface area contributed by atoms with Crippen molar-refractivity contribution >= 4 is 50.4 Å². The van der Waals surface area contributed by atoms with Gasteiger partial charge in [-0.2, -0.15) is 10.5 Å². The van der Waals surface area contributed by atoms with Gasteiger partial charge in [-0.25, -0.2) is 0 Å². The molecule has 0 fully saturated rings. The largest absolute Gasteiger partial charge is 0.497 e. The summed E-state index contributed by atoms with van der Waals surface area (Å²) < 4.78 is 24.2. The number of aromatic nitrogens is 1. The molecular weight excluding hydrogens is 576 g/mol. The summed E-state index contributed by atoms with van der Waals surface area (Å²) in [4.78, 5) is 14.0. The maximum Gasteiger partial charge on any atom is 0.274 e. The minimum Gasteiger partial charge on any atom is -0.497 e. The summed E-state index contributed by atoms with van der Waals surface area (Å²) in [6, 6.07) is 23.2. The summed E-state index contributed by atoms with van der Waals surface area (Å²) in [5, 5.41) is 24.3. The number of nitrogens with two attached hydrogens (primary N) is 1. The number of fused-ring (bicyclic) bond motifs is 3. The summed E-state index contributed by atoms with van der Waals surface area (Å²) in [7, 11) is 6.24. The Morgan fingerprint density at radius 2 is 1.36 bits per heavy atom. The fourth-order valence-electron chi connectivity index (χ4n) is 5.73. The van der Waals surface area contributed by atoms with E-state index in [0.717, 1.165) is 32.9 Å². The lowest BCUT2D eigenvalue weighted by Crippen LogP contribution is -2.38. The number of hydrogen-bond acceptors (Lipinski definition) is 9. The van der Waals surface area contributed by atoms with Gasteiger partial charge in [0.1, 0.15) is 33.5 Å². The molecule has 218 valence electrons. The smallest absolute Gasteiger partial charge is 0.274 e. The van der Waals surface area contributed by atoms with Crippen LogP contribution in [0.3, 0.4) is 0 Å². The molecule has 9 nitrogen and oxygen atoms in total. The lowest BCUT2D eigenvalue weighted by atomic mass is 9.81. The molecule has 4 aromatic carbocycles. The molecule has 5 aromatic rings. The predicted molar refractivity (Wildman–Crippen MR) is 170 cm³/mol. The highest BCUT2D eigenvalue weighted by Gasteiger charge is 2.35. The molecule has 1 aliphatic heterocycles. The Kier molecular flexibility index (Phi) is 7.22. The van der Waals surface area contributed by atoms with Crippen LogP contribution in [0.25, 0.3) is 39.0 Å². The van der Waals surface area contributed by atoms with Crippen molar-refractivity contribution in [3.8, 4) is 35.1 Å². The van der Waals surface area contributed by atoms with Crippen LogP contribution in [0.1, 0.15) is 17.0 Å². The number of hydrogen-bond donors (Lipinski definition) is 1. The fraction of sp³-hybridized carbons (Fsp3) is 0.147. The van der Waals surface area contributed by atoms with E-state index in [-0.39, 0.29) is 17.0 Å². The summed E-state index contributed by atoms with van der Waals surface area (Å²) in [6.07, 6.45) is 1.73. The number of nitrogens with zero attached hydrogens (tertiary/aromatic N) is 3. The molecule has 0 bridgehead atoms. The number of benzene rings is 4. The molecule has 0 aliphatic carbocycles. The van der Waals surface area contributed by atoms with Crippen LogP contribution >= 0.6 is 11.3 Å². The molecular formula is C34H26N4O5S. The first kappa shape index (κ1) is 28.4. The van der Waals surface area contributed by atoms with Gasteiger partial charge in [0.2, 0.25) is 0 Å². The predicted octanol–water partition coefficient (Wildman–Crippen LogP) is 4.20. The fourth-order valence-corrected chi connectivity index (χ4v) is 6.84. The lowest BCUT2D eigenvalue weighted by molar-refractivity contribution is 0.410. The number of nitriles is 2. The van der Waals surface area contributed by atoms with E-state index in [1.165, 1.54) is 11.7 Å². The molecule has 1 aliphatic rings. The van der Waals surface area contributed by atoms with Crippen LogP contribution in [-0.4, -0.2) is 33.0 Å². The molecule has 0 unspecified atom stereocenters. The highest BCUT2D eigenvalue weighted by atomic mass is 32.1. The van der Waals surface area contributed by atoms with Gasteiger partial charge < -0.3 is 24.7 Å². The first-order chi connectivity index (χ1) is 21.4. The minimum atomic E-state index is -0.891. The van der Waals surface area contributed by atoms with Gasteiger partial charge in [-0.15, -0.1) is 11.3 Å². The first-order valence-electron chi connectivity index (χ1n) is 13.5. The Balaban J connectivity index is 1.71. The zero-order valence-electron chi connectivity index (χ0n) is 24.3. The van der Waals surface area contributed by atoms with Crippen molar-refractivity contribution in [2.45, 2.75) is 5.92 Å². The van der Waals surface area contributed by atoms with Crippen molar-refractivity contribution in [1.29, 1.82) is 10.5 Å². The molecule has 2 N–H and O–H groups in total. The van der Waals surface area contributed by atoms with Crippen LogP contribution < -0.4 is 39.4 Å². The quantitative estimate of drug-likeness (QED) is 0.306.